The predicted molar refractivity (Wildman–Crippen MR) is 184 cm³/mol. The van der Waals surface area contributed by atoms with Crippen LogP contribution in [0.25, 0.3) is 49.9 Å². The third-order valence-corrected chi connectivity index (χ3v) is 19.4. The summed E-state index contributed by atoms with van der Waals surface area (Å²) in [6, 6.07) is 43.9. The predicted octanol–water partition coefficient (Wildman–Crippen LogP) is 5.13. The van der Waals surface area contributed by atoms with Crippen molar-refractivity contribution >= 4 is 33.5 Å². The average Bonchev–Trinajstić information content (AvgIpc) is 3.55. The van der Waals surface area contributed by atoms with Crippen LogP contribution in [0.4, 0.5) is 0 Å². The molecule has 0 aromatic heterocycles. The first-order chi connectivity index (χ1) is 21.1. The number of benzene rings is 6. The maximum absolute atomic E-state index is 2.59. The fourth-order valence-electron chi connectivity index (χ4n) is 7.91. The van der Waals surface area contributed by atoms with Crippen molar-refractivity contribution in [3.8, 4) is 22.3 Å². The maximum atomic E-state index is 2.59. The van der Waals surface area contributed by atoms with Gasteiger partial charge in [0.05, 0.1) is 0 Å². The van der Waals surface area contributed by atoms with E-state index in [2.05, 4.69) is 141 Å². The summed E-state index contributed by atoms with van der Waals surface area (Å²) >= 11 is -0.569. The Kier molecular flexibility index (Phi) is 9.43. The van der Waals surface area contributed by atoms with Gasteiger partial charge in [-0.2, -0.15) is 0 Å². The monoisotopic (exact) mass is 716 g/mol. The van der Waals surface area contributed by atoms with Crippen molar-refractivity contribution in [3.05, 3.63) is 149 Å². The van der Waals surface area contributed by atoms with Crippen molar-refractivity contribution in [1.82, 2.24) is 0 Å². The van der Waals surface area contributed by atoms with Gasteiger partial charge in [0.15, 0.2) is 0 Å². The van der Waals surface area contributed by atoms with Crippen LogP contribution in [0.1, 0.15) is 57.1 Å². The molecule has 0 bridgehead atoms. The van der Waals surface area contributed by atoms with Gasteiger partial charge in [-0.3, -0.25) is 0 Å². The largest absolute Gasteiger partial charge is 1.00 e. The van der Waals surface area contributed by atoms with Crippen molar-refractivity contribution < 1.29 is 47.2 Å². The van der Waals surface area contributed by atoms with E-state index in [-0.39, 0.29) is 24.8 Å². The summed E-state index contributed by atoms with van der Waals surface area (Å²) in [5.41, 5.74) is 15.1. The molecule has 2 aliphatic rings. The standard InChI is InChI=1S/C39H29.C2H7Si.2ClH.Zr/c1-2-11-28-24-37-34(38(28)33-19-9-18-32-29-15-6-3-14-27(29)23-36(32)33)20-10-21-35(37)39-30-16-7-4-12-25(30)22-26-13-5-8-17-31(26)39;1-3-2;;;/h3-10,12-24,38H,2,11H2,1H3;3H,1-2H3;2*1H;/q;;;;+2/p-2. The minimum Gasteiger partial charge on any atom is -1.00 e. The van der Waals surface area contributed by atoms with Gasteiger partial charge in [0.25, 0.3) is 0 Å². The summed E-state index contributed by atoms with van der Waals surface area (Å²) in [5, 5.41) is 5.31. The van der Waals surface area contributed by atoms with Crippen LogP contribution in [0, 0.1) is 0 Å². The third-order valence-electron chi connectivity index (χ3n) is 9.53. The molecule has 2 aliphatic carbocycles. The molecule has 0 aliphatic heterocycles. The van der Waals surface area contributed by atoms with Crippen LogP contribution in [-0.2, 0) is 22.4 Å². The Morgan fingerprint density at radius 1 is 0.622 bits per heavy atom. The van der Waals surface area contributed by atoms with Crippen molar-refractivity contribution in [2.24, 2.45) is 0 Å². The number of rotatable bonds is 6. The first-order valence-corrected chi connectivity index (χ1v) is 24.4. The molecule has 6 aromatic carbocycles. The molecule has 6 aromatic rings. The van der Waals surface area contributed by atoms with Crippen LogP contribution in [0.15, 0.2) is 121 Å². The van der Waals surface area contributed by atoms with Gasteiger partial charge in [0.2, 0.25) is 0 Å². The fourth-order valence-corrected chi connectivity index (χ4v) is 17.8. The van der Waals surface area contributed by atoms with E-state index < -0.39 is 28.3 Å². The van der Waals surface area contributed by atoms with Gasteiger partial charge in [0.1, 0.15) is 0 Å². The average molecular weight is 719 g/mol. The quantitative estimate of drug-likeness (QED) is 0.166. The normalized spacial score (nSPS) is 16.0. The summed E-state index contributed by atoms with van der Waals surface area (Å²) in [5.74, 6) is -0.304. The molecule has 222 valence electrons. The van der Waals surface area contributed by atoms with Crippen molar-refractivity contribution in [3.63, 3.8) is 0 Å². The molecule has 2 atom stereocenters. The summed E-state index contributed by atoms with van der Waals surface area (Å²) in [7, 11) is 0. The van der Waals surface area contributed by atoms with E-state index in [4.69, 9.17) is 0 Å². The number of fused-ring (bicyclic) bond motifs is 6. The first kappa shape index (κ1) is 32.2. The van der Waals surface area contributed by atoms with E-state index in [0.29, 0.717) is 9.54 Å². The molecule has 2 unspecified atom stereocenters. The van der Waals surface area contributed by atoms with Crippen LogP contribution in [-0.4, -0.2) is 5.92 Å². The molecule has 0 radical (unpaired) electrons. The zero-order chi connectivity index (χ0) is 29.1. The molecular weight excluding hydrogens is 683 g/mol. The molecule has 4 heteroatoms. The summed E-state index contributed by atoms with van der Waals surface area (Å²) in [6.45, 7) is 7.51. The van der Waals surface area contributed by atoms with E-state index in [1.54, 1.807) is 22.3 Å². The maximum Gasteiger partial charge on any atom is -1.00 e. The molecule has 0 amide bonds. The Morgan fingerprint density at radius 2 is 1.20 bits per heavy atom. The van der Waals surface area contributed by atoms with Crippen LogP contribution in [0.5, 0.6) is 0 Å². The third kappa shape index (κ3) is 5.33. The Bertz CT molecular complexity index is 2020. The molecule has 0 saturated carbocycles. The van der Waals surface area contributed by atoms with Gasteiger partial charge < -0.3 is 24.8 Å². The second-order valence-electron chi connectivity index (χ2n) is 12.6. The SMILES string of the molecule is CCCC1=Cc2c(-c3c4ccccc4cc4ccccc34)cccc2C1c1cccc2c1[CH]([Zr+2][SiH](C)C)c1ccccc1-2.[Cl-].[Cl-]. The van der Waals surface area contributed by atoms with Crippen molar-refractivity contribution in [2.75, 3.05) is 0 Å². The van der Waals surface area contributed by atoms with Crippen LogP contribution in [0.2, 0.25) is 13.1 Å². The Balaban J connectivity index is 0.00000179. The molecule has 8 rings (SSSR count). The van der Waals surface area contributed by atoms with Gasteiger partial charge >= 0.3 is 269 Å². The van der Waals surface area contributed by atoms with Gasteiger partial charge in [-0.1, -0.05) is 0 Å². The minimum absolute atomic E-state index is 0. The van der Waals surface area contributed by atoms with Crippen molar-refractivity contribution in [2.45, 2.75) is 42.4 Å². The minimum atomic E-state index is -0.634. The molecule has 0 N–H and O–H groups in total. The van der Waals surface area contributed by atoms with Crippen LogP contribution >= 0.6 is 0 Å². The van der Waals surface area contributed by atoms with Gasteiger partial charge in [0, 0.05) is 0 Å². The number of hydrogen-bond acceptors (Lipinski definition) is 0. The Hall–Kier alpha value is -2.74. The molecule has 0 saturated heterocycles. The Morgan fingerprint density at radius 3 is 1.89 bits per heavy atom. The van der Waals surface area contributed by atoms with Crippen LogP contribution < -0.4 is 24.8 Å². The van der Waals surface area contributed by atoms with E-state index in [9.17, 15) is 0 Å². The second-order valence-corrected chi connectivity index (χ2v) is 27.6. The summed E-state index contributed by atoms with van der Waals surface area (Å²) in [4.78, 5) is 0. The van der Waals surface area contributed by atoms with Gasteiger partial charge in [-0.15, -0.1) is 0 Å². The summed E-state index contributed by atoms with van der Waals surface area (Å²) < 4.78 is 0.676. The molecular formula is C41H36Cl2SiZr. The molecule has 0 spiro atoms. The zero-order valence-electron chi connectivity index (χ0n) is 25.9. The molecule has 0 fully saturated rings. The van der Waals surface area contributed by atoms with Gasteiger partial charge in [-0.05, 0) is 0 Å². The first-order valence-electron chi connectivity index (χ1n) is 15.9. The fraction of sp³-hybridized carbons (Fsp3) is 0.171. The second kappa shape index (κ2) is 13.2. The van der Waals surface area contributed by atoms with Crippen LogP contribution in [0.3, 0.4) is 0 Å². The van der Waals surface area contributed by atoms with E-state index in [0.717, 1.165) is 12.8 Å². The molecule has 0 nitrogen and oxygen atoms in total. The smallest absolute Gasteiger partial charge is 1.00 e. The zero-order valence-corrected chi connectivity index (χ0v) is 31.1. The van der Waals surface area contributed by atoms with Crippen molar-refractivity contribution in [1.29, 1.82) is 0 Å². The molecule has 0 heterocycles. The Labute approximate surface area is 291 Å². The van der Waals surface area contributed by atoms with Gasteiger partial charge in [-0.25, -0.2) is 0 Å². The topological polar surface area (TPSA) is 0 Å². The summed E-state index contributed by atoms with van der Waals surface area (Å²) in [6.07, 6.45) is 4.88. The van der Waals surface area contributed by atoms with E-state index >= 15 is 0 Å². The number of hydrogen-bond donors (Lipinski definition) is 0. The van der Waals surface area contributed by atoms with E-state index in [1.807, 2.05) is 0 Å². The molecule has 45 heavy (non-hydrogen) atoms. The number of allylic oxidation sites excluding steroid dienone is 1. The van der Waals surface area contributed by atoms with E-state index in [1.165, 1.54) is 54.9 Å². The number of halogens is 2.